The molecule has 1 amide bonds. The number of amides is 1. The van der Waals surface area contributed by atoms with Gasteiger partial charge in [0, 0.05) is 13.1 Å². The Kier molecular flexibility index (Phi) is 7.46. The van der Waals surface area contributed by atoms with Gasteiger partial charge < -0.3 is 9.64 Å². The molecule has 1 aliphatic heterocycles. The second-order valence-corrected chi connectivity index (χ2v) is 9.07. The minimum Gasteiger partial charge on any atom is -0.452 e. The molecule has 2 aromatic carbocycles. The largest absolute Gasteiger partial charge is 0.452 e. The summed E-state index contributed by atoms with van der Waals surface area (Å²) in [5.41, 5.74) is 0.557. The number of sulfonamides is 1. The molecule has 8 heteroatoms. The molecule has 1 saturated heterocycles. The third-order valence-corrected chi connectivity index (χ3v) is 6.82. The SMILES string of the molecule is C=CCN(c1ccccc1)S(=O)(=O)c1cccc(C(=O)OCC(=O)N2CCCCC2)c1. The molecule has 0 atom stereocenters. The second-order valence-electron chi connectivity index (χ2n) is 7.21. The summed E-state index contributed by atoms with van der Waals surface area (Å²) >= 11 is 0. The highest BCUT2D eigenvalue weighted by atomic mass is 32.2. The van der Waals surface area contributed by atoms with Crippen molar-refractivity contribution in [3.63, 3.8) is 0 Å². The van der Waals surface area contributed by atoms with Crippen LogP contribution in [-0.4, -0.2) is 51.4 Å². The fourth-order valence-electron chi connectivity index (χ4n) is 3.41. The maximum Gasteiger partial charge on any atom is 0.338 e. The van der Waals surface area contributed by atoms with Crippen molar-refractivity contribution in [3.8, 4) is 0 Å². The molecule has 0 radical (unpaired) electrons. The first-order valence-electron chi connectivity index (χ1n) is 10.2. The van der Waals surface area contributed by atoms with Crippen LogP contribution in [0.4, 0.5) is 5.69 Å². The maximum absolute atomic E-state index is 13.2. The molecule has 0 aliphatic carbocycles. The first kappa shape index (κ1) is 22.6. The summed E-state index contributed by atoms with van der Waals surface area (Å²) in [5, 5.41) is 0. The molecule has 7 nitrogen and oxygen atoms in total. The van der Waals surface area contributed by atoms with Gasteiger partial charge >= 0.3 is 5.97 Å². The third kappa shape index (κ3) is 5.52. The zero-order chi connectivity index (χ0) is 22.3. The lowest BCUT2D eigenvalue weighted by atomic mass is 10.1. The number of carbonyl (C=O) groups excluding carboxylic acids is 2. The van der Waals surface area contributed by atoms with Crippen molar-refractivity contribution in [2.24, 2.45) is 0 Å². The molecule has 0 saturated carbocycles. The van der Waals surface area contributed by atoms with Gasteiger partial charge in [0.2, 0.25) is 0 Å². The molecule has 1 aliphatic rings. The zero-order valence-corrected chi connectivity index (χ0v) is 18.1. The van der Waals surface area contributed by atoms with Crippen LogP contribution in [-0.2, 0) is 19.6 Å². The van der Waals surface area contributed by atoms with E-state index in [2.05, 4.69) is 6.58 Å². The number of ether oxygens (including phenoxy) is 1. The van der Waals surface area contributed by atoms with Gasteiger partial charge in [0.05, 0.1) is 22.7 Å². The Morgan fingerprint density at radius 3 is 2.42 bits per heavy atom. The Bertz CT molecular complexity index is 1030. The lowest BCUT2D eigenvalue weighted by Gasteiger charge is -2.26. The quantitative estimate of drug-likeness (QED) is 0.463. The van der Waals surface area contributed by atoms with E-state index in [4.69, 9.17) is 4.74 Å². The highest BCUT2D eigenvalue weighted by Crippen LogP contribution is 2.24. The van der Waals surface area contributed by atoms with Crippen LogP contribution >= 0.6 is 0 Å². The molecular weight excluding hydrogens is 416 g/mol. The first-order chi connectivity index (χ1) is 14.9. The van der Waals surface area contributed by atoms with Crippen molar-refractivity contribution >= 4 is 27.6 Å². The predicted octanol–water partition coefficient (Wildman–Crippen LogP) is 3.24. The van der Waals surface area contributed by atoms with Crippen LogP contribution in [0.25, 0.3) is 0 Å². The van der Waals surface area contributed by atoms with E-state index in [1.165, 1.54) is 34.6 Å². The number of piperidine rings is 1. The van der Waals surface area contributed by atoms with Crippen LogP contribution in [0.5, 0.6) is 0 Å². The standard InChI is InChI=1S/C23H26N2O5S/c1-2-14-25(20-11-5-3-6-12-20)31(28,29)21-13-9-10-19(17-21)23(27)30-18-22(26)24-15-7-4-8-16-24/h2-3,5-6,9-13,17H,1,4,7-8,14-16,18H2. The van der Waals surface area contributed by atoms with E-state index in [-0.39, 0.29) is 29.5 Å². The summed E-state index contributed by atoms with van der Waals surface area (Å²) in [4.78, 5) is 26.3. The number of carbonyl (C=O) groups is 2. The van der Waals surface area contributed by atoms with Crippen molar-refractivity contribution < 1.29 is 22.7 Å². The topological polar surface area (TPSA) is 84.0 Å². The fourth-order valence-corrected chi connectivity index (χ4v) is 4.89. The van der Waals surface area contributed by atoms with Gasteiger partial charge in [0.15, 0.2) is 6.61 Å². The lowest BCUT2D eigenvalue weighted by molar-refractivity contribution is -0.135. The molecule has 3 rings (SSSR count). The minimum atomic E-state index is -3.94. The highest BCUT2D eigenvalue weighted by molar-refractivity contribution is 7.92. The van der Waals surface area contributed by atoms with Crippen molar-refractivity contribution in [1.29, 1.82) is 0 Å². The number of benzene rings is 2. The van der Waals surface area contributed by atoms with Crippen LogP contribution in [0.15, 0.2) is 72.1 Å². The first-order valence-corrected chi connectivity index (χ1v) is 11.6. The molecule has 0 spiro atoms. The second kappa shape index (κ2) is 10.3. The van der Waals surface area contributed by atoms with Crippen molar-refractivity contribution in [3.05, 3.63) is 72.8 Å². The highest BCUT2D eigenvalue weighted by Gasteiger charge is 2.25. The Balaban J connectivity index is 1.75. The van der Waals surface area contributed by atoms with Crippen LogP contribution in [0.3, 0.4) is 0 Å². The van der Waals surface area contributed by atoms with Gasteiger partial charge in [-0.05, 0) is 49.6 Å². The smallest absolute Gasteiger partial charge is 0.338 e. The van der Waals surface area contributed by atoms with Gasteiger partial charge in [-0.25, -0.2) is 13.2 Å². The van der Waals surface area contributed by atoms with E-state index in [0.29, 0.717) is 18.8 Å². The molecule has 164 valence electrons. The van der Waals surface area contributed by atoms with Gasteiger partial charge in [-0.15, -0.1) is 6.58 Å². The lowest BCUT2D eigenvalue weighted by Crippen LogP contribution is -2.38. The fraction of sp³-hybridized carbons (Fsp3) is 0.304. The monoisotopic (exact) mass is 442 g/mol. The molecule has 1 fully saturated rings. The third-order valence-electron chi connectivity index (χ3n) is 5.03. The number of rotatable bonds is 8. The summed E-state index contributed by atoms with van der Waals surface area (Å²) in [6, 6.07) is 14.3. The Hall–Kier alpha value is -3.13. The summed E-state index contributed by atoms with van der Waals surface area (Å²) in [7, 11) is -3.94. The molecule has 2 aromatic rings. The average molecular weight is 443 g/mol. The Morgan fingerprint density at radius 2 is 1.74 bits per heavy atom. The minimum absolute atomic E-state index is 0.0463. The van der Waals surface area contributed by atoms with Crippen LogP contribution in [0, 0.1) is 0 Å². The Labute approximate surface area is 183 Å². The van der Waals surface area contributed by atoms with E-state index >= 15 is 0 Å². The number of hydrogen-bond donors (Lipinski definition) is 0. The zero-order valence-electron chi connectivity index (χ0n) is 17.3. The van der Waals surface area contributed by atoms with E-state index in [0.717, 1.165) is 19.3 Å². The summed E-state index contributed by atoms with van der Waals surface area (Å²) < 4.78 is 32.8. The number of esters is 1. The van der Waals surface area contributed by atoms with E-state index < -0.39 is 16.0 Å². The van der Waals surface area contributed by atoms with Crippen LogP contribution in [0.1, 0.15) is 29.6 Å². The maximum atomic E-state index is 13.2. The van der Waals surface area contributed by atoms with Crippen molar-refractivity contribution in [2.45, 2.75) is 24.2 Å². The van der Waals surface area contributed by atoms with Crippen molar-refractivity contribution in [2.75, 3.05) is 30.5 Å². The van der Waals surface area contributed by atoms with Gasteiger partial charge in [0.25, 0.3) is 15.9 Å². The van der Waals surface area contributed by atoms with Crippen LogP contribution < -0.4 is 4.31 Å². The molecule has 1 heterocycles. The van der Waals surface area contributed by atoms with E-state index in [1.807, 2.05) is 0 Å². The number of nitrogens with zero attached hydrogens (tertiary/aromatic N) is 2. The summed E-state index contributed by atoms with van der Waals surface area (Å²) in [6.45, 7) is 4.70. The average Bonchev–Trinajstić information content (AvgIpc) is 2.81. The summed E-state index contributed by atoms with van der Waals surface area (Å²) in [6.07, 6.45) is 4.48. The van der Waals surface area contributed by atoms with Gasteiger partial charge in [0.1, 0.15) is 0 Å². The molecule has 31 heavy (non-hydrogen) atoms. The number of likely N-dealkylation sites (tertiary alicyclic amines) is 1. The van der Waals surface area contributed by atoms with Crippen LogP contribution in [0.2, 0.25) is 0 Å². The molecule has 0 N–H and O–H groups in total. The van der Waals surface area contributed by atoms with Gasteiger partial charge in [-0.1, -0.05) is 30.3 Å². The summed E-state index contributed by atoms with van der Waals surface area (Å²) in [5.74, 6) is -0.976. The van der Waals surface area contributed by atoms with Gasteiger partial charge in [-0.3, -0.25) is 9.10 Å². The Morgan fingerprint density at radius 1 is 1.03 bits per heavy atom. The molecule has 0 unspecified atom stereocenters. The number of hydrogen-bond acceptors (Lipinski definition) is 5. The van der Waals surface area contributed by atoms with E-state index in [1.54, 1.807) is 35.2 Å². The van der Waals surface area contributed by atoms with Gasteiger partial charge in [-0.2, -0.15) is 0 Å². The molecule has 0 bridgehead atoms. The van der Waals surface area contributed by atoms with Crippen molar-refractivity contribution in [1.82, 2.24) is 4.90 Å². The normalized spacial score (nSPS) is 14.0. The molecular formula is C23H26N2O5S. The number of para-hydroxylation sites is 1. The predicted molar refractivity (Wildman–Crippen MR) is 118 cm³/mol. The number of anilines is 1. The molecule has 0 aromatic heterocycles. The van der Waals surface area contributed by atoms with E-state index in [9.17, 15) is 18.0 Å².